The lowest BCUT2D eigenvalue weighted by Gasteiger charge is -2.11. The number of hydrogen-bond donors (Lipinski definition) is 2. The number of rotatable bonds is 12. The highest BCUT2D eigenvalue weighted by Gasteiger charge is 2.31. The van der Waals surface area contributed by atoms with E-state index in [1.807, 2.05) is 60.7 Å². The van der Waals surface area contributed by atoms with E-state index in [4.69, 9.17) is 0 Å². The monoisotopic (exact) mass is 1090 g/mol. The highest BCUT2D eigenvalue weighted by Crippen LogP contribution is 2.32. The van der Waals surface area contributed by atoms with Gasteiger partial charge < -0.3 is 10.6 Å². The first kappa shape index (κ1) is 46.0. The molecular formula is C48H34F6I2N6O2. The molecule has 2 N–H and O–H groups in total. The summed E-state index contributed by atoms with van der Waals surface area (Å²) in [6, 6.07) is 39.7. The molecule has 2 aromatic heterocycles. The van der Waals surface area contributed by atoms with Crippen LogP contribution >= 0.6 is 45.2 Å². The SMILES string of the molecule is O=C(Cc1cccc(C(F)(F)F)c1)c1ccc2c(I)nnc(NCc3ccccc3)c2c1.O=C(Cc1cccc(C(F)(F)F)c1)c1ccc2c(NCc3ccccc3)nnc(I)c2c1. The quantitative estimate of drug-likeness (QED) is 0.0707. The summed E-state index contributed by atoms with van der Waals surface area (Å²) in [4.78, 5) is 25.6. The van der Waals surface area contributed by atoms with E-state index in [1.54, 1.807) is 36.4 Å². The van der Waals surface area contributed by atoms with E-state index >= 15 is 0 Å². The van der Waals surface area contributed by atoms with E-state index in [0.29, 0.717) is 54.4 Å². The lowest BCUT2D eigenvalue weighted by molar-refractivity contribution is -0.138. The molecule has 8 aromatic rings. The van der Waals surface area contributed by atoms with Gasteiger partial charge in [0, 0.05) is 58.6 Å². The van der Waals surface area contributed by atoms with Gasteiger partial charge in [-0.15, -0.1) is 20.4 Å². The van der Waals surface area contributed by atoms with E-state index in [-0.39, 0.29) is 24.4 Å². The van der Waals surface area contributed by atoms with E-state index in [9.17, 15) is 35.9 Å². The normalized spacial score (nSPS) is 11.5. The van der Waals surface area contributed by atoms with Crippen molar-refractivity contribution in [2.75, 3.05) is 10.6 Å². The minimum Gasteiger partial charge on any atom is -0.364 e. The number of aromatic nitrogens is 4. The largest absolute Gasteiger partial charge is 0.416 e. The Morgan fingerprint density at radius 3 is 1.31 bits per heavy atom. The van der Waals surface area contributed by atoms with E-state index in [1.165, 1.54) is 24.3 Å². The third-order valence-corrected chi connectivity index (χ3v) is 11.6. The molecule has 6 aromatic carbocycles. The van der Waals surface area contributed by atoms with Crippen molar-refractivity contribution in [1.82, 2.24) is 20.4 Å². The zero-order valence-corrected chi connectivity index (χ0v) is 37.6. The number of carbonyl (C=O) groups excluding carboxylic acids is 2. The summed E-state index contributed by atoms with van der Waals surface area (Å²) in [6.07, 6.45) is -9.14. The van der Waals surface area contributed by atoms with Crippen LogP contribution in [0, 0.1) is 7.40 Å². The van der Waals surface area contributed by atoms with Crippen LogP contribution in [0.3, 0.4) is 0 Å². The highest BCUT2D eigenvalue weighted by molar-refractivity contribution is 14.1. The summed E-state index contributed by atoms with van der Waals surface area (Å²) in [5.74, 6) is 0.601. The number of Topliss-reactive ketones (excluding diaryl/α,β-unsaturated/α-hetero) is 2. The molecule has 0 aliphatic heterocycles. The van der Waals surface area contributed by atoms with Crippen LogP contribution in [0.15, 0.2) is 146 Å². The smallest absolute Gasteiger partial charge is 0.364 e. The Labute approximate surface area is 390 Å². The number of nitrogens with one attached hydrogen (secondary N) is 2. The lowest BCUT2D eigenvalue weighted by atomic mass is 9.99. The van der Waals surface area contributed by atoms with Gasteiger partial charge >= 0.3 is 12.4 Å². The molecule has 0 spiro atoms. The number of alkyl halides is 6. The van der Waals surface area contributed by atoms with Gasteiger partial charge in [0.25, 0.3) is 0 Å². The Bertz CT molecular complexity index is 2950. The van der Waals surface area contributed by atoms with Crippen molar-refractivity contribution >= 4 is 89.9 Å². The van der Waals surface area contributed by atoms with Crippen LogP contribution in [0.25, 0.3) is 21.5 Å². The Morgan fingerprint density at radius 2 is 0.844 bits per heavy atom. The molecule has 0 unspecified atom stereocenters. The maximum absolute atomic E-state index is 13.0. The summed E-state index contributed by atoms with van der Waals surface area (Å²) in [5.41, 5.74) is 2.08. The number of anilines is 2. The number of fused-ring (bicyclic) bond motifs is 2. The average molecular weight is 1090 g/mol. The first-order valence-corrected chi connectivity index (χ1v) is 21.6. The van der Waals surface area contributed by atoms with Gasteiger partial charge in [0.05, 0.1) is 11.1 Å². The molecule has 8 rings (SSSR count). The fourth-order valence-corrected chi connectivity index (χ4v) is 7.84. The van der Waals surface area contributed by atoms with E-state index in [2.05, 4.69) is 76.2 Å². The molecule has 0 atom stereocenters. The van der Waals surface area contributed by atoms with E-state index in [0.717, 1.165) is 56.9 Å². The number of halogens is 8. The number of hydrogen-bond acceptors (Lipinski definition) is 8. The van der Waals surface area contributed by atoms with Crippen molar-refractivity contribution in [3.8, 4) is 0 Å². The Balaban J connectivity index is 0.000000191. The van der Waals surface area contributed by atoms with Gasteiger partial charge in [-0.1, -0.05) is 115 Å². The van der Waals surface area contributed by atoms with Crippen molar-refractivity contribution in [3.63, 3.8) is 0 Å². The second-order valence-electron chi connectivity index (χ2n) is 14.5. The Morgan fingerprint density at radius 1 is 0.438 bits per heavy atom. The second-order valence-corrected chi connectivity index (χ2v) is 16.5. The summed E-state index contributed by atoms with van der Waals surface area (Å²) >= 11 is 4.13. The fraction of sp³-hybridized carbons (Fsp3) is 0.125. The zero-order valence-electron chi connectivity index (χ0n) is 33.3. The summed E-state index contributed by atoms with van der Waals surface area (Å²) in [7, 11) is 0. The van der Waals surface area contributed by atoms with Crippen molar-refractivity contribution in [2.24, 2.45) is 0 Å². The average Bonchev–Trinajstić information content (AvgIpc) is 3.29. The molecule has 0 aliphatic rings. The summed E-state index contributed by atoms with van der Waals surface area (Å²) < 4.78 is 79.1. The first-order valence-electron chi connectivity index (χ1n) is 19.5. The molecule has 0 saturated carbocycles. The minimum atomic E-state index is -4.45. The molecule has 0 bridgehead atoms. The second kappa shape index (κ2) is 20.2. The fourth-order valence-electron chi connectivity index (χ4n) is 6.71. The number of carbonyl (C=O) groups is 2. The maximum Gasteiger partial charge on any atom is 0.416 e. The summed E-state index contributed by atoms with van der Waals surface area (Å²) in [5, 5.41) is 26.5. The molecular weight excluding hydrogens is 1060 g/mol. The van der Waals surface area contributed by atoms with Crippen molar-refractivity contribution in [2.45, 2.75) is 38.3 Å². The topological polar surface area (TPSA) is 110 Å². The van der Waals surface area contributed by atoms with Gasteiger partial charge in [-0.25, -0.2) is 0 Å². The van der Waals surface area contributed by atoms with Crippen LogP contribution in [0.4, 0.5) is 38.0 Å². The predicted molar refractivity (Wildman–Crippen MR) is 251 cm³/mol. The molecule has 324 valence electrons. The number of ketones is 2. The van der Waals surface area contributed by atoms with Gasteiger partial charge in [-0.2, -0.15) is 26.3 Å². The van der Waals surface area contributed by atoms with Gasteiger partial charge in [0.2, 0.25) is 0 Å². The summed E-state index contributed by atoms with van der Waals surface area (Å²) in [6.45, 7) is 1.11. The minimum absolute atomic E-state index is 0.121. The van der Waals surface area contributed by atoms with Gasteiger partial charge in [-0.05, 0) is 97.8 Å². The van der Waals surface area contributed by atoms with Crippen molar-refractivity contribution in [3.05, 3.63) is 198 Å². The van der Waals surface area contributed by atoms with Crippen LogP contribution in [0.1, 0.15) is 54.1 Å². The molecule has 0 fully saturated rings. The van der Waals surface area contributed by atoms with Crippen molar-refractivity contribution < 1.29 is 35.9 Å². The van der Waals surface area contributed by atoms with Crippen LogP contribution in [0.5, 0.6) is 0 Å². The van der Waals surface area contributed by atoms with E-state index < -0.39 is 23.5 Å². The molecule has 0 aliphatic carbocycles. The molecule has 2 heterocycles. The Kier molecular flexibility index (Phi) is 14.5. The molecule has 0 saturated heterocycles. The molecule has 0 amide bonds. The van der Waals surface area contributed by atoms with Crippen LogP contribution < -0.4 is 10.6 Å². The number of benzene rings is 6. The van der Waals surface area contributed by atoms with Crippen molar-refractivity contribution in [1.29, 1.82) is 0 Å². The van der Waals surface area contributed by atoms with Crippen LogP contribution in [0.2, 0.25) is 0 Å². The predicted octanol–water partition coefficient (Wildman–Crippen LogP) is 12.6. The molecule has 0 radical (unpaired) electrons. The molecule has 64 heavy (non-hydrogen) atoms. The first-order chi connectivity index (χ1) is 30.6. The zero-order chi connectivity index (χ0) is 45.4. The third-order valence-electron chi connectivity index (χ3n) is 9.96. The molecule has 16 heteroatoms. The standard InChI is InChI=1S/2C24H17F3IN3O/c25-24(26,27)18-8-4-7-16(11-18)12-21(32)17-9-10-19-20(13-17)22(28)30-31-23(19)29-14-15-5-2-1-3-6-15;25-24(26,27)18-8-4-7-16(11-18)12-21(32)17-9-10-19-20(13-17)23(31-30-22(19)28)29-14-15-5-2-1-3-6-15/h2*1-11,13H,12,14H2,(H,29,31). The van der Waals surface area contributed by atoms with Gasteiger partial charge in [0.15, 0.2) is 23.2 Å². The lowest BCUT2D eigenvalue weighted by Crippen LogP contribution is -2.08. The van der Waals surface area contributed by atoms with Gasteiger partial charge in [0.1, 0.15) is 7.40 Å². The highest BCUT2D eigenvalue weighted by atomic mass is 127. The third kappa shape index (κ3) is 11.8. The Hall–Kier alpha value is -6.02. The van der Waals surface area contributed by atoms with Crippen LogP contribution in [-0.4, -0.2) is 32.0 Å². The van der Waals surface area contributed by atoms with Gasteiger partial charge in [-0.3, -0.25) is 9.59 Å². The molecule has 8 nitrogen and oxygen atoms in total. The number of nitrogens with zero attached hydrogens (tertiary/aromatic N) is 4. The van der Waals surface area contributed by atoms with Crippen LogP contribution in [-0.2, 0) is 38.3 Å². The maximum atomic E-state index is 13.0.